The molecular formula is C17H14ClN3O2S. The first-order valence-electron chi connectivity index (χ1n) is 7.24. The molecule has 7 heteroatoms. The van der Waals surface area contributed by atoms with Gasteiger partial charge in [-0.25, -0.2) is 9.66 Å². The Balaban J connectivity index is 1.75. The van der Waals surface area contributed by atoms with Crippen molar-refractivity contribution >= 4 is 40.2 Å². The minimum Gasteiger partial charge on any atom is -0.272 e. The fourth-order valence-electron chi connectivity index (χ4n) is 2.13. The topological polar surface area (TPSA) is 64.0 Å². The molecule has 0 aliphatic heterocycles. The maximum atomic E-state index is 12.4. The number of hydrogen-bond acceptors (Lipinski definition) is 4. The molecule has 1 aromatic heterocycles. The van der Waals surface area contributed by atoms with E-state index in [1.54, 1.807) is 37.3 Å². The lowest BCUT2D eigenvalue weighted by Gasteiger charge is -2.13. The summed E-state index contributed by atoms with van der Waals surface area (Å²) >= 11 is 7.23. The van der Waals surface area contributed by atoms with E-state index in [0.717, 1.165) is 9.57 Å². The molecule has 3 aromatic rings. The number of rotatable bonds is 4. The van der Waals surface area contributed by atoms with E-state index < -0.39 is 0 Å². The number of hydrogen-bond donors (Lipinski definition) is 1. The molecule has 0 spiro atoms. The number of para-hydroxylation sites is 1. The second-order valence-corrected chi connectivity index (χ2v) is 6.98. The minimum absolute atomic E-state index is 0.283. The second-order valence-electron chi connectivity index (χ2n) is 5.13. The van der Waals surface area contributed by atoms with Gasteiger partial charge in [0, 0.05) is 9.92 Å². The molecular weight excluding hydrogens is 346 g/mol. The standard InChI is InChI=1S/C17H14ClN3O2S/c1-11(24-13-8-6-12(18)7-9-13)16(22)20-21-10-19-15-5-3-2-4-14(15)17(21)23/h2-11H,1H3,(H,20,22)/t11-/m1/s1. The fourth-order valence-corrected chi connectivity index (χ4v) is 3.12. The molecule has 122 valence electrons. The minimum atomic E-state index is -0.385. The van der Waals surface area contributed by atoms with Crippen molar-refractivity contribution < 1.29 is 4.79 Å². The van der Waals surface area contributed by atoms with Crippen LogP contribution in [0, 0.1) is 0 Å². The van der Waals surface area contributed by atoms with E-state index in [1.165, 1.54) is 18.1 Å². The summed E-state index contributed by atoms with van der Waals surface area (Å²) in [7, 11) is 0. The fraction of sp³-hybridized carbons (Fsp3) is 0.118. The van der Waals surface area contributed by atoms with Crippen LogP contribution < -0.4 is 11.0 Å². The maximum Gasteiger partial charge on any atom is 0.280 e. The highest BCUT2D eigenvalue weighted by molar-refractivity contribution is 8.00. The summed E-state index contributed by atoms with van der Waals surface area (Å²) in [5, 5.41) is 0.716. The van der Waals surface area contributed by atoms with E-state index in [4.69, 9.17) is 11.6 Å². The second kappa shape index (κ2) is 7.07. The molecule has 0 radical (unpaired) electrons. The van der Waals surface area contributed by atoms with Crippen molar-refractivity contribution in [2.45, 2.75) is 17.1 Å². The lowest BCUT2D eigenvalue weighted by atomic mass is 10.2. The number of nitrogens with one attached hydrogen (secondary N) is 1. The number of carbonyl (C=O) groups excluding carboxylic acids is 1. The van der Waals surface area contributed by atoms with Crippen LogP contribution in [-0.2, 0) is 4.79 Å². The first-order chi connectivity index (χ1) is 11.5. The van der Waals surface area contributed by atoms with Gasteiger partial charge in [-0.15, -0.1) is 11.8 Å². The highest BCUT2D eigenvalue weighted by atomic mass is 35.5. The van der Waals surface area contributed by atoms with Crippen LogP contribution >= 0.6 is 23.4 Å². The number of benzene rings is 2. The SMILES string of the molecule is C[C@@H](Sc1ccc(Cl)cc1)C(=O)Nn1cnc2ccccc2c1=O. The summed E-state index contributed by atoms with van der Waals surface area (Å²) in [5.74, 6) is -0.283. The van der Waals surface area contributed by atoms with Crippen molar-refractivity contribution in [1.82, 2.24) is 9.66 Å². The molecule has 3 rings (SSSR count). The first-order valence-corrected chi connectivity index (χ1v) is 8.50. The van der Waals surface area contributed by atoms with E-state index in [0.29, 0.717) is 15.9 Å². The van der Waals surface area contributed by atoms with Crippen molar-refractivity contribution in [3.63, 3.8) is 0 Å². The Labute approximate surface area is 147 Å². The average Bonchev–Trinajstić information content (AvgIpc) is 2.59. The number of fused-ring (bicyclic) bond motifs is 1. The monoisotopic (exact) mass is 359 g/mol. The lowest BCUT2D eigenvalue weighted by molar-refractivity contribution is -0.116. The molecule has 0 unspecified atom stereocenters. The van der Waals surface area contributed by atoms with Gasteiger partial charge in [-0.2, -0.15) is 0 Å². The number of aromatic nitrogens is 2. The Hall–Kier alpha value is -2.31. The van der Waals surface area contributed by atoms with Gasteiger partial charge in [0.05, 0.1) is 16.2 Å². The van der Waals surface area contributed by atoms with Crippen LogP contribution in [0.1, 0.15) is 6.92 Å². The molecule has 2 aromatic carbocycles. The van der Waals surface area contributed by atoms with Gasteiger partial charge >= 0.3 is 0 Å². The zero-order chi connectivity index (χ0) is 17.1. The predicted octanol–water partition coefficient (Wildman–Crippen LogP) is 3.30. The Morgan fingerprint density at radius 2 is 1.92 bits per heavy atom. The van der Waals surface area contributed by atoms with Crippen molar-refractivity contribution in [2.75, 3.05) is 5.43 Å². The third-order valence-corrected chi connectivity index (χ3v) is 4.76. The third-order valence-electron chi connectivity index (χ3n) is 3.39. The number of nitrogens with zero attached hydrogens (tertiary/aromatic N) is 2. The molecule has 0 saturated carbocycles. The number of amides is 1. The van der Waals surface area contributed by atoms with Gasteiger partial charge in [-0.1, -0.05) is 23.7 Å². The summed E-state index contributed by atoms with van der Waals surface area (Å²) in [6.45, 7) is 1.77. The third kappa shape index (κ3) is 3.60. The van der Waals surface area contributed by atoms with Crippen LogP contribution in [0.2, 0.25) is 5.02 Å². The largest absolute Gasteiger partial charge is 0.280 e. The van der Waals surface area contributed by atoms with Crippen LogP contribution in [0.25, 0.3) is 10.9 Å². The summed E-state index contributed by atoms with van der Waals surface area (Å²) in [4.78, 5) is 29.8. The lowest BCUT2D eigenvalue weighted by Crippen LogP contribution is -2.36. The smallest absolute Gasteiger partial charge is 0.272 e. The molecule has 0 bridgehead atoms. The predicted molar refractivity (Wildman–Crippen MR) is 97.1 cm³/mol. The van der Waals surface area contributed by atoms with Crippen LogP contribution in [0.4, 0.5) is 0 Å². The molecule has 24 heavy (non-hydrogen) atoms. The summed E-state index contributed by atoms with van der Waals surface area (Å²) in [5.41, 5.74) is 2.88. The molecule has 1 heterocycles. The van der Waals surface area contributed by atoms with Crippen molar-refractivity contribution in [1.29, 1.82) is 0 Å². The zero-order valence-electron chi connectivity index (χ0n) is 12.8. The zero-order valence-corrected chi connectivity index (χ0v) is 14.3. The van der Waals surface area contributed by atoms with Crippen LogP contribution in [0.15, 0.2) is 64.5 Å². The van der Waals surface area contributed by atoms with Gasteiger partial charge in [0.1, 0.15) is 6.33 Å². The summed E-state index contributed by atoms with van der Waals surface area (Å²) < 4.78 is 1.11. The first kappa shape index (κ1) is 16.5. The number of thioether (sulfide) groups is 1. The van der Waals surface area contributed by atoms with E-state index in [1.807, 2.05) is 18.2 Å². The molecule has 0 aliphatic carbocycles. The average molecular weight is 360 g/mol. The van der Waals surface area contributed by atoms with Gasteiger partial charge < -0.3 is 0 Å². The number of carbonyl (C=O) groups is 1. The van der Waals surface area contributed by atoms with Gasteiger partial charge in [0.15, 0.2) is 0 Å². The van der Waals surface area contributed by atoms with Crippen LogP contribution in [0.5, 0.6) is 0 Å². The molecule has 1 amide bonds. The van der Waals surface area contributed by atoms with Crippen molar-refractivity contribution in [3.05, 3.63) is 70.2 Å². The maximum absolute atomic E-state index is 12.4. The Bertz CT molecular complexity index is 940. The van der Waals surface area contributed by atoms with Gasteiger partial charge in [0.25, 0.3) is 11.5 Å². The molecule has 5 nitrogen and oxygen atoms in total. The Morgan fingerprint density at radius 1 is 1.21 bits per heavy atom. The molecule has 0 saturated heterocycles. The highest BCUT2D eigenvalue weighted by Crippen LogP contribution is 2.24. The van der Waals surface area contributed by atoms with Gasteiger partial charge in [-0.05, 0) is 43.3 Å². The van der Waals surface area contributed by atoms with E-state index in [9.17, 15) is 9.59 Å². The quantitative estimate of drug-likeness (QED) is 0.726. The van der Waals surface area contributed by atoms with Crippen molar-refractivity contribution in [3.8, 4) is 0 Å². The molecule has 0 aliphatic rings. The summed E-state index contributed by atoms with van der Waals surface area (Å²) in [6, 6.07) is 14.2. The molecule has 1 N–H and O–H groups in total. The molecule has 0 fully saturated rings. The van der Waals surface area contributed by atoms with E-state index in [2.05, 4.69) is 10.4 Å². The van der Waals surface area contributed by atoms with Gasteiger partial charge in [0.2, 0.25) is 0 Å². The van der Waals surface area contributed by atoms with E-state index in [-0.39, 0.29) is 16.7 Å². The van der Waals surface area contributed by atoms with Gasteiger partial charge in [-0.3, -0.25) is 15.0 Å². The van der Waals surface area contributed by atoms with Crippen LogP contribution in [-0.4, -0.2) is 20.8 Å². The summed E-state index contributed by atoms with van der Waals surface area (Å²) in [6.07, 6.45) is 1.32. The normalized spacial score (nSPS) is 12.1. The molecule has 1 atom stereocenters. The Morgan fingerprint density at radius 3 is 2.67 bits per heavy atom. The van der Waals surface area contributed by atoms with E-state index >= 15 is 0 Å². The highest BCUT2D eigenvalue weighted by Gasteiger charge is 2.16. The van der Waals surface area contributed by atoms with Crippen LogP contribution in [0.3, 0.4) is 0 Å². The number of halogens is 1. The Kier molecular flexibility index (Phi) is 4.87. The van der Waals surface area contributed by atoms with Crippen molar-refractivity contribution in [2.24, 2.45) is 0 Å².